The molecule has 0 saturated carbocycles. The Morgan fingerprint density at radius 1 is 1.32 bits per heavy atom. The molecule has 4 nitrogen and oxygen atoms in total. The second-order valence-electron chi connectivity index (χ2n) is 5.44. The van der Waals surface area contributed by atoms with Crippen molar-refractivity contribution in [1.29, 1.82) is 0 Å². The molecule has 0 aromatic heterocycles. The van der Waals surface area contributed by atoms with Crippen molar-refractivity contribution in [2.45, 2.75) is 40.2 Å². The summed E-state index contributed by atoms with van der Waals surface area (Å²) in [6, 6.07) is 4.33. The first-order chi connectivity index (χ1) is 10.0. The summed E-state index contributed by atoms with van der Waals surface area (Å²) in [5, 5.41) is 15.6. The molecule has 22 heavy (non-hydrogen) atoms. The summed E-state index contributed by atoms with van der Waals surface area (Å²) in [5.74, 6) is 0.486. The van der Waals surface area contributed by atoms with Gasteiger partial charge in [0, 0.05) is 13.1 Å². The Morgan fingerprint density at radius 2 is 2.05 bits per heavy atom. The average molecular weight is 423 g/mol. The zero-order chi connectivity index (χ0) is 15.7. The summed E-state index contributed by atoms with van der Waals surface area (Å²) in [7, 11) is 0. The first-order valence-corrected chi connectivity index (χ1v) is 7.52. The molecule has 0 unspecified atom stereocenters. The molecule has 0 aliphatic rings. The fraction of sp³-hybridized carbons (Fsp3) is 0.562. The highest BCUT2D eigenvalue weighted by Gasteiger charge is 2.02. The monoisotopic (exact) mass is 423 g/mol. The molecular weight excluding hydrogens is 396 g/mol. The van der Waals surface area contributed by atoms with Gasteiger partial charge in [0.25, 0.3) is 0 Å². The Labute approximate surface area is 149 Å². The number of phenolic OH excluding ortho intramolecular Hbond substituents is 1. The minimum atomic E-state index is -0.613. The number of rotatable bonds is 7. The molecule has 0 fully saturated rings. The van der Waals surface area contributed by atoms with E-state index >= 15 is 0 Å². The van der Waals surface area contributed by atoms with E-state index in [1.165, 1.54) is 18.6 Å². The van der Waals surface area contributed by atoms with Gasteiger partial charge in [-0.3, -0.25) is 0 Å². The third-order valence-electron chi connectivity index (χ3n) is 3.03. The van der Waals surface area contributed by atoms with Crippen LogP contribution in [0.1, 0.15) is 39.2 Å². The van der Waals surface area contributed by atoms with Crippen LogP contribution in [0.25, 0.3) is 0 Å². The van der Waals surface area contributed by atoms with E-state index in [0.29, 0.717) is 12.5 Å². The lowest BCUT2D eigenvalue weighted by Gasteiger charge is -2.12. The van der Waals surface area contributed by atoms with Gasteiger partial charge in [-0.2, -0.15) is 0 Å². The minimum absolute atomic E-state index is 0. The third kappa shape index (κ3) is 8.41. The van der Waals surface area contributed by atoms with E-state index in [1.54, 1.807) is 6.07 Å². The average Bonchev–Trinajstić information content (AvgIpc) is 2.44. The summed E-state index contributed by atoms with van der Waals surface area (Å²) in [6.07, 6.45) is 2.27. The normalized spacial score (nSPS) is 11.2. The van der Waals surface area contributed by atoms with Crippen LogP contribution in [-0.4, -0.2) is 24.2 Å². The summed E-state index contributed by atoms with van der Waals surface area (Å²) < 4.78 is 13.2. The maximum atomic E-state index is 13.2. The van der Waals surface area contributed by atoms with Crippen molar-refractivity contribution in [3.8, 4) is 5.75 Å². The van der Waals surface area contributed by atoms with Crippen molar-refractivity contribution in [2.24, 2.45) is 10.9 Å². The number of phenols is 1. The molecule has 6 heteroatoms. The summed E-state index contributed by atoms with van der Waals surface area (Å²) >= 11 is 0. The smallest absolute Gasteiger partial charge is 0.191 e. The highest BCUT2D eigenvalue weighted by molar-refractivity contribution is 14.0. The van der Waals surface area contributed by atoms with Crippen molar-refractivity contribution in [3.63, 3.8) is 0 Å². The Bertz CT molecular complexity index is 467. The van der Waals surface area contributed by atoms with E-state index < -0.39 is 5.82 Å². The lowest BCUT2D eigenvalue weighted by Crippen LogP contribution is -2.37. The molecule has 126 valence electrons. The van der Waals surface area contributed by atoms with E-state index in [9.17, 15) is 4.39 Å². The number of aromatic hydroxyl groups is 1. The second kappa shape index (κ2) is 11.5. The van der Waals surface area contributed by atoms with Crippen LogP contribution < -0.4 is 10.6 Å². The van der Waals surface area contributed by atoms with Crippen LogP contribution >= 0.6 is 24.0 Å². The number of halogens is 2. The summed E-state index contributed by atoms with van der Waals surface area (Å²) in [6.45, 7) is 8.44. The lowest BCUT2D eigenvalue weighted by molar-refractivity contribution is 0.432. The minimum Gasteiger partial charge on any atom is -0.505 e. The van der Waals surface area contributed by atoms with Gasteiger partial charge in [0.1, 0.15) is 0 Å². The standard InChI is InChI=1S/C16H26FN3O.HI/c1-4-18-16(19-9-5-6-12(2)3)20-11-13-7-8-15(21)14(17)10-13;/h7-8,10,12,21H,4-6,9,11H2,1-3H3,(H2,18,19,20);1H. The van der Waals surface area contributed by atoms with Gasteiger partial charge >= 0.3 is 0 Å². The number of hydrogen-bond acceptors (Lipinski definition) is 2. The number of hydrogen-bond donors (Lipinski definition) is 3. The van der Waals surface area contributed by atoms with E-state index in [4.69, 9.17) is 5.11 Å². The maximum Gasteiger partial charge on any atom is 0.191 e. The number of benzene rings is 1. The molecule has 3 N–H and O–H groups in total. The van der Waals surface area contributed by atoms with E-state index in [1.807, 2.05) is 6.92 Å². The number of nitrogens with zero attached hydrogens (tertiary/aromatic N) is 1. The molecule has 1 aromatic rings. The van der Waals surface area contributed by atoms with Crippen LogP contribution in [0.4, 0.5) is 4.39 Å². The molecule has 0 amide bonds. The largest absolute Gasteiger partial charge is 0.505 e. The van der Waals surface area contributed by atoms with Crippen molar-refractivity contribution < 1.29 is 9.50 Å². The zero-order valence-electron chi connectivity index (χ0n) is 13.5. The number of guanidine groups is 1. The van der Waals surface area contributed by atoms with Gasteiger partial charge in [-0.25, -0.2) is 9.38 Å². The summed E-state index contributed by atoms with van der Waals surface area (Å²) in [4.78, 5) is 4.42. The molecule has 0 atom stereocenters. The first kappa shape index (κ1) is 20.9. The zero-order valence-corrected chi connectivity index (χ0v) is 15.9. The lowest BCUT2D eigenvalue weighted by atomic mass is 10.1. The van der Waals surface area contributed by atoms with Gasteiger partial charge in [-0.05, 0) is 43.4 Å². The highest BCUT2D eigenvalue weighted by atomic mass is 127. The predicted molar refractivity (Wildman–Crippen MR) is 100 cm³/mol. The van der Waals surface area contributed by atoms with Crippen LogP contribution in [0.15, 0.2) is 23.2 Å². The number of aliphatic imine (C=N–C) groups is 1. The molecule has 0 saturated heterocycles. The Hall–Kier alpha value is -1.05. The number of nitrogens with one attached hydrogen (secondary N) is 2. The van der Waals surface area contributed by atoms with Crippen molar-refractivity contribution in [1.82, 2.24) is 10.6 Å². The summed E-state index contributed by atoms with van der Waals surface area (Å²) in [5.41, 5.74) is 0.727. The van der Waals surface area contributed by atoms with Crippen LogP contribution in [-0.2, 0) is 6.54 Å². The van der Waals surface area contributed by atoms with Crippen LogP contribution in [0.2, 0.25) is 0 Å². The molecule has 0 aliphatic heterocycles. The van der Waals surface area contributed by atoms with Crippen molar-refractivity contribution >= 4 is 29.9 Å². The van der Waals surface area contributed by atoms with Crippen LogP contribution in [0.5, 0.6) is 5.75 Å². The molecular formula is C16H27FIN3O. The van der Waals surface area contributed by atoms with Gasteiger partial charge in [-0.1, -0.05) is 19.9 Å². The molecule has 0 aliphatic carbocycles. The topological polar surface area (TPSA) is 56.7 Å². The van der Waals surface area contributed by atoms with Crippen molar-refractivity contribution in [2.75, 3.05) is 13.1 Å². The van der Waals surface area contributed by atoms with E-state index in [-0.39, 0.29) is 29.7 Å². The fourth-order valence-electron chi connectivity index (χ4n) is 1.88. The third-order valence-corrected chi connectivity index (χ3v) is 3.03. The molecule has 1 rings (SSSR count). The van der Waals surface area contributed by atoms with Gasteiger partial charge < -0.3 is 15.7 Å². The Morgan fingerprint density at radius 3 is 2.64 bits per heavy atom. The van der Waals surface area contributed by atoms with E-state index in [0.717, 1.165) is 31.0 Å². The highest BCUT2D eigenvalue weighted by Crippen LogP contribution is 2.16. The van der Waals surface area contributed by atoms with Gasteiger partial charge in [0.15, 0.2) is 17.5 Å². The van der Waals surface area contributed by atoms with Crippen LogP contribution in [0, 0.1) is 11.7 Å². The Kier molecular flexibility index (Phi) is 11.0. The SMILES string of the molecule is CCNC(=NCc1ccc(O)c(F)c1)NCCCC(C)C.I. The molecule has 0 radical (unpaired) electrons. The maximum absolute atomic E-state index is 13.2. The van der Waals surface area contributed by atoms with E-state index in [2.05, 4.69) is 29.5 Å². The molecule has 0 bridgehead atoms. The molecule has 0 heterocycles. The Balaban J connectivity index is 0.00000441. The molecule has 0 spiro atoms. The van der Waals surface area contributed by atoms with Gasteiger partial charge in [0.2, 0.25) is 0 Å². The second-order valence-corrected chi connectivity index (χ2v) is 5.44. The fourth-order valence-corrected chi connectivity index (χ4v) is 1.88. The molecule has 1 aromatic carbocycles. The first-order valence-electron chi connectivity index (χ1n) is 7.52. The van der Waals surface area contributed by atoms with Crippen LogP contribution in [0.3, 0.4) is 0 Å². The quantitative estimate of drug-likeness (QED) is 0.272. The predicted octanol–water partition coefficient (Wildman–Crippen LogP) is 3.64. The van der Waals surface area contributed by atoms with Crippen molar-refractivity contribution in [3.05, 3.63) is 29.6 Å². The van der Waals surface area contributed by atoms with Gasteiger partial charge in [-0.15, -0.1) is 24.0 Å². The van der Waals surface area contributed by atoms with Gasteiger partial charge in [0.05, 0.1) is 6.54 Å².